The van der Waals surface area contributed by atoms with Crippen LogP contribution < -0.4 is 10.5 Å². The average Bonchev–Trinajstić information content (AvgIpc) is 2.44. The molecule has 0 radical (unpaired) electrons. The fraction of sp³-hybridized carbons (Fsp3) is 0.286. The van der Waals surface area contributed by atoms with Crippen LogP contribution in [0.25, 0.3) is 0 Å². The lowest BCUT2D eigenvalue weighted by Gasteiger charge is -2.08. The molecule has 0 aliphatic heterocycles. The van der Waals surface area contributed by atoms with Crippen LogP contribution in [0.15, 0.2) is 30.6 Å². The Balaban J connectivity index is 2.07. The largest absolute Gasteiger partial charge is 0.421 e. The van der Waals surface area contributed by atoms with Crippen molar-refractivity contribution in [3.63, 3.8) is 0 Å². The van der Waals surface area contributed by atoms with Crippen molar-refractivity contribution in [1.29, 1.82) is 0 Å². The zero-order chi connectivity index (χ0) is 14.5. The summed E-state index contributed by atoms with van der Waals surface area (Å²) in [5.41, 5.74) is 6.71. The van der Waals surface area contributed by atoms with Crippen LogP contribution in [-0.4, -0.2) is 16.0 Å². The van der Waals surface area contributed by atoms with Crippen molar-refractivity contribution >= 4 is 0 Å². The van der Waals surface area contributed by atoms with Gasteiger partial charge in [0.05, 0.1) is 0 Å². The molecular weight excluding hydrogens is 264 g/mol. The van der Waals surface area contributed by atoms with Gasteiger partial charge in [-0.15, -0.1) is 0 Å². The second-order valence-electron chi connectivity index (χ2n) is 4.42. The van der Waals surface area contributed by atoms with Gasteiger partial charge in [0.25, 0.3) is 0 Å². The first-order chi connectivity index (χ1) is 9.58. The van der Waals surface area contributed by atoms with E-state index in [4.69, 9.17) is 10.5 Å². The van der Waals surface area contributed by atoms with Crippen LogP contribution in [0.1, 0.15) is 18.9 Å². The summed E-state index contributed by atoms with van der Waals surface area (Å²) in [5, 5.41) is 0. The normalized spacial score (nSPS) is 12.2. The summed E-state index contributed by atoms with van der Waals surface area (Å²) in [6.07, 6.45) is 4.69. The van der Waals surface area contributed by atoms with E-state index in [2.05, 4.69) is 9.97 Å². The minimum absolute atomic E-state index is 0.00401. The molecular formula is C14H15F2N3O. The number of hydrogen-bond acceptors (Lipinski definition) is 4. The second-order valence-corrected chi connectivity index (χ2v) is 4.42. The summed E-state index contributed by atoms with van der Waals surface area (Å²) >= 11 is 0. The molecule has 0 spiro atoms. The lowest BCUT2D eigenvalue weighted by atomic mass is 10.1. The quantitative estimate of drug-likeness (QED) is 0.914. The third-order valence-electron chi connectivity index (χ3n) is 2.80. The lowest BCUT2D eigenvalue weighted by molar-refractivity contribution is 0.407. The molecule has 0 bridgehead atoms. The fourth-order valence-corrected chi connectivity index (χ4v) is 1.60. The molecule has 2 aromatic rings. The Morgan fingerprint density at radius 3 is 2.55 bits per heavy atom. The zero-order valence-electron chi connectivity index (χ0n) is 11.0. The van der Waals surface area contributed by atoms with E-state index < -0.39 is 11.6 Å². The minimum Gasteiger partial charge on any atom is -0.421 e. The van der Waals surface area contributed by atoms with Gasteiger partial charge in [0.2, 0.25) is 0 Å². The molecule has 4 nitrogen and oxygen atoms in total. The molecule has 0 aliphatic rings. The van der Waals surface area contributed by atoms with Gasteiger partial charge in [-0.1, -0.05) is 6.92 Å². The fourth-order valence-electron chi connectivity index (χ4n) is 1.60. The van der Waals surface area contributed by atoms with Gasteiger partial charge >= 0.3 is 6.01 Å². The number of halogens is 2. The summed E-state index contributed by atoms with van der Waals surface area (Å²) in [4.78, 5) is 7.95. The number of rotatable bonds is 5. The molecule has 2 rings (SSSR count). The van der Waals surface area contributed by atoms with Crippen LogP contribution >= 0.6 is 0 Å². The van der Waals surface area contributed by atoms with E-state index in [9.17, 15) is 8.78 Å². The highest BCUT2D eigenvalue weighted by molar-refractivity contribution is 5.27. The third kappa shape index (κ3) is 3.71. The third-order valence-corrected chi connectivity index (χ3v) is 2.80. The summed E-state index contributed by atoms with van der Waals surface area (Å²) in [6, 6.07) is 3.09. The van der Waals surface area contributed by atoms with Crippen LogP contribution in [0.4, 0.5) is 8.78 Å². The van der Waals surface area contributed by atoms with Gasteiger partial charge in [-0.05, 0) is 30.5 Å². The van der Waals surface area contributed by atoms with Crippen LogP contribution in [0.2, 0.25) is 0 Å². The summed E-state index contributed by atoms with van der Waals surface area (Å²) < 4.78 is 31.3. The molecule has 1 atom stereocenters. The minimum atomic E-state index is -0.800. The SMILES string of the molecule is CCC(N)Cc1cnc(Oc2ccc(F)cc2F)nc1. The smallest absolute Gasteiger partial charge is 0.321 e. The van der Waals surface area contributed by atoms with Gasteiger partial charge in [-0.25, -0.2) is 18.7 Å². The summed E-state index contributed by atoms with van der Waals surface area (Å²) in [7, 11) is 0. The van der Waals surface area contributed by atoms with E-state index >= 15 is 0 Å². The predicted molar refractivity (Wildman–Crippen MR) is 70.4 cm³/mol. The van der Waals surface area contributed by atoms with Crippen molar-refractivity contribution in [2.45, 2.75) is 25.8 Å². The van der Waals surface area contributed by atoms with Crippen LogP contribution in [0.3, 0.4) is 0 Å². The Hall–Kier alpha value is -2.08. The molecule has 2 N–H and O–H groups in total. The molecule has 1 heterocycles. The van der Waals surface area contributed by atoms with Gasteiger partial charge < -0.3 is 10.5 Å². The molecule has 0 amide bonds. The molecule has 0 aliphatic carbocycles. The number of benzene rings is 1. The van der Waals surface area contributed by atoms with E-state index in [0.29, 0.717) is 6.42 Å². The molecule has 1 aromatic carbocycles. The van der Waals surface area contributed by atoms with Crippen LogP contribution in [0.5, 0.6) is 11.8 Å². The van der Waals surface area contributed by atoms with E-state index in [-0.39, 0.29) is 17.8 Å². The van der Waals surface area contributed by atoms with Crippen molar-refractivity contribution in [3.05, 3.63) is 47.8 Å². The van der Waals surface area contributed by atoms with Crippen molar-refractivity contribution in [3.8, 4) is 11.8 Å². The van der Waals surface area contributed by atoms with E-state index in [1.807, 2.05) is 6.92 Å². The molecule has 106 valence electrons. The van der Waals surface area contributed by atoms with Gasteiger partial charge in [-0.3, -0.25) is 0 Å². The summed E-state index contributed by atoms with van der Waals surface area (Å²) in [6.45, 7) is 2.00. The molecule has 20 heavy (non-hydrogen) atoms. The molecule has 0 saturated carbocycles. The Morgan fingerprint density at radius 1 is 1.25 bits per heavy atom. The van der Waals surface area contributed by atoms with Gasteiger partial charge in [0.15, 0.2) is 11.6 Å². The van der Waals surface area contributed by atoms with E-state index in [1.165, 1.54) is 6.07 Å². The highest BCUT2D eigenvalue weighted by atomic mass is 19.1. The lowest BCUT2D eigenvalue weighted by Crippen LogP contribution is -2.21. The highest BCUT2D eigenvalue weighted by Gasteiger charge is 2.08. The second kappa shape index (κ2) is 6.38. The van der Waals surface area contributed by atoms with Crippen LogP contribution in [0, 0.1) is 11.6 Å². The predicted octanol–water partition coefficient (Wildman–Crippen LogP) is 2.83. The van der Waals surface area contributed by atoms with E-state index in [0.717, 1.165) is 24.1 Å². The molecule has 1 aromatic heterocycles. The van der Waals surface area contributed by atoms with Gasteiger partial charge in [0.1, 0.15) is 5.82 Å². The number of ether oxygens (including phenoxy) is 1. The maximum Gasteiger partial charge on any atom is 0.321 e. The Bertz CT molecular complexity index is 575. The maximum absolute atomic E-state index is 13.4. The molecule has 0 saturated heterocycles. The Kier molecular flexibility index (Phi) is 4.57. The van der Waals surface area contributed by atoms with Gasteiger partial charge in [-0.2, -0.15) is 0 Å². The number of nitrogens with zero attached hydrogens (tertiary/aromatic N) is 2. The monoisotopic (exact) mass is 279 g/mol. The summed E-state index contributed by atoms with van der Waals surface area (Å²) in [5.74, 6) is -1.59. The maximum atomic E-state index is 13.4. The molecule has 0 fully saturated rings. The van der Waals surface area contributed by atoms with Crippen molar-refractivity contribution in [1.82, 2.24) is 9.97 Å². The number of nitrogens with two attached hydrogens (primary N) is 1. The van der Waals surface area contributed by atoms with Gasteiger partial charge in [0, 0.05) is 24.5 Å². The van der Waals surface area contributed by atoms with Crippen molar-refractivity contribution in [2.24, 2.45) is 5.73 Å². The van der Waals surface area contributed by atoms with E-state index in [1.54, 1.807) is 12.4 Å². The van der Waals surface area contributed by atoms with Crippen molar-refractivity contribution in [2.75, 3.05) is 0 Å². The average molecular weight is 279 g/mol. The number of hydrogen-bond donors (Lipinski definition) is 1. The Labute approximate surface area is 115 Å². The first-order valence-corrected chi connectivity index (χ1v) is 6.28. The molecule has 6 heteroatoms. The molecule has 1 unspecified atom stereocenters. The standard InChI is InChI=1S/C14H15F2N3O/c1-2-11(17)5-9-7-18-14(19-8-9)20-13-4-3-10(15)6-12(13)16/h3-4,6-8,11H,2,5,17H2,1H3. The zero-order valence-corrected chi connectivity index (χ0v) is 11.0. The van der Waals surface area contributed by atoms with Crippen LogP contribution in [-0.2, 0) is 6.42 Å². The first-order valence-electron chi connectivity index (χ1n) is 6.28. The first kappa shape index (κ1) is 14.3. The topological polar surface area (TPSA) is 61.0 Å². The number of aromatic nitrogens is 2. The Morgan fingerprint density at radius 2 is 1.95 bits per heavy atom. The highest BCUT2D eigenvalue weighted by Crippen LogP contribution is 2.22. The van der Waals surface area contributed by atoms with Crippen molar-refractivity contribution < 1.29 is 13.5 Å².